The second kappa shape index (κ2) is 11.5. The molecule has 0 aromatic carbocycles. The zero-order valence-corrected chi connectivity index (χ0v) is 11.3. The van der Waals surface area contributed by atoms with Gasteiger partial charge in [0.25, 0.3) is 0 Å². The van der Waals surface area contributed by atoms with Gasteiger partial charge in [0.1, 0.15) is 0 Å². The number of hydrogen-bond acceptors (Lipinski definition) is 2. The summed E-state index contributed by atoms with van der Waals surface area (Å²) in [5.41, 5.74) is 0. The van der Waals surface area contributed by atoms with Crippen molar-refractivity contribution in [1.82, 2.24) is 10.2 Å². The molecule has 1 aliphatic heterocycles. The Balaban J connectivity index is 0. The minimum Gasteiger partial charge on any atom is -0.343 e. The van der Waals surface area contributed by atoms with Crippen LogP contribution >= 0.6 is 0 Å². The highest BCUT2D eigenvalue weighted by Gasteiger charge is 2.18. The van der Waals surface area contributed by atoms with Crippen LogP contribution in [-0.4, -0.2) is 37.0 Å². The van der Waals surface area contributed by atoms with Crippen molar-refractivity contribution in [3.05, 3.63) is 0 Å². The van der Waals surface area contributed by atoms with E-state index in [1.54, 1.807) is 6.92 Å². The van der Waals surface area contributed by atoms with E-state index in [4.69, 9.17) is 0 Å². The standard InChI is InChI=1S/C8H16N2O.2C2H6/c1-7(11)10-5-3-8(9-2)4-6-10;2*1-2/h8-9H,3-6H2,1-2H3;2*1-2H3. The number of carbonyl (C=O) groups is 1. The zero-order valence-electron chi connectivity index (χ0n) is 11.3. The normalized spacial score (nSPS) is 15.7. The lowest BCUT2D eigenvalue weighted by Gasteiger charge is -2.30. The number of nitrogens with zero attached hydrogens (tertiary/aromatic N) is 1. The molecule has 15 heavy (non-hydrogen) atoms. The van der Waals surface area contributed by atoms with E-state index in [9.17, 15) is 4.79 Å². The zero-order chi connectivity index (χ0) is 12.3. The SMILES string of the molecule is CC.CC.CNC1CCN(C(C)=O)CC1. The Labute approximate surface area is 95.2 Å². The van der Waals surface area contributed by atoms with Gasteiger partial charge in [-0.1, -0.05) is 27.7 Å². The van der Waals surface area contributed by atoms with E-state index in [1.807, 2.05) is 39.6 Å². The Kier molecular flexibility index (Phi) is 12.9. The predicted octanol–water partition coefficient (Wildman–Crippen LogP) is 2.27. The average Bonchev–Trinajstić information content (AvgIpc) is 2.34. The second-order valence-corrected chi connectivity index (χ2v) is 3.07. The number of piperidine rings is 1. The Hall–Kier alpha value is -0.570. The fraction of sp³-hybridized carbons (Fsp3) is 0.917. The summed E-state index contributed by atoms with van der Waals surface area (Å²) in [5, 5.41) is 3.23. The molecule has 0 bridgehead atoms. The Morgan fingerprint density at radius 3 is 1.80 bits per heavy atom. The van der Waals surface area contributed by atoms with Gasteiger partial charge in [-0.05, 0) is 19.9 Å². The van der Waals surface area contributed by atoms with Crippen molar-refractivity contribution >= 4 is 5.91 Å². The fourth-order valence-corrected chi connectivity index (χ4v) is 1.48. The summed E-state index contributed by atoms with van der Waals surface area (Å²) in [6, 6.07) is 0.616. The molecule has 1 heterocycles. The molecule has 1 amide bonds. The van der Waals surface area contributed by atoms with Crippen LogP contribution in [0.25, 0.3) is 0 Å². The molecule has 0 saturated carbocycles. The monoisotopic (exact) mass is 216 g/mol. The van der Waals surface area contributed by atoms with Crippen LogP contribution in [0.5, 0.6) is 0 Å². The van der Waals surface area contributed by atoms with Gasteiger partial charge in [0.15, 0.2) is 0 Å². The summed E-state index contributed by atoms with van der Waals surface area (Å²) in [4.78, 5) is 12.8. The van der Waals surface area contributed by atoms with Crippen molar-refractivity contribution in [2.75, 3.05) is 20.1 Å². The molecule has 1 rings (SSSR count). The molecule has 0 atom stereocenters. The molecule has 1 saturated heterocycles. The minimum atomic E-state index is 0.208. The van der Waals surface area contributed by atoms with Crippen LogP contribution in [0.1, 0.15) is 47.5 Å². The maximum absolute atomic E-state index is 10.9. The first-order valence-corrected chi connectivity index (χ1v) is 6.17. The molecule has 0 radical (unpaired) electrons. The smallest absolute Gasteiger partial charge is 0.219 e. The van der Waals surface area contributed by atoms with Crippen LogP contribution in [0.4, 0.5) is 0 Å². The second-order valence-electron chi connectivity index (χ2n) is 3.07. The lowest BCUT2D eigenvalue weighted by atomic mass is 10.1. The Bertz CT molecular complexity index is 141. The number of nitrogens with one attached hydrogen (secondary N) is 1. The minimum absolute atomic E-state index is 0.208. The van der Waals surface area contributed by atoms with Crippen molar-refractivity contribution in [2.24, 2.45) is 0 Å². The Morgan fingerprint density at radius 2 is 1.53 bits per heavy atom. The molecule has 1 aliphatic rings. The third kappa shape index (κ3) is 7.37. The molecule has 0 aromatic heterocycles. The number of rotatable bonds is 1. The van der Waals surface area contributed by atoms with Gasteiger partial charge in [0, 0.05) is 26.1 Å². The van der Waals surface area contributed by atoms with Crippen molar-refractivity contribution < 1.29 is 4.79 Å². The van der Waals surface area contributed by atoms with Crippen LogP contribution in [-0.2, 0) is 4.79 Å². The molecule has 3 heteroatoms. The topological polar surface area (TPSA) is 32.3 Å². The third-order valence-electron chi connectivity index (χ3n) is 2.35. The molecule has 0 unspecified atom stereocenters. The molecular formula is C12H28N2O. The molecule has 1 fully saturated rings. The molecule has 3 nitrogen and oxygen atoms in total. The summed E-state index contributed by atoms with van der Waals surface area (Å²) in [7, 11) is 1.98. The first-order chi connectivity index (χ1) is 7.24. The molecule has 92 valence electrons. The van der Waals surface area contributed by atoms with Crippen molar-refractivity contribution in [3.8, 4) is 0 Å². The fourth-order valence-electron chi connectivity index (χ4n) is 1.48. The van der Waals surface area contributed by atoms with E-state index in [-0.39, 0.29) is 5.91 Å². The number of amides is 1. The predicted molar refractivity (Wildman–Crippen MR) is 67.0 cm³/mol. The van der Waals surface area contributed by atoms with E-state index in [0.717, 1.165) is 25.9 Å². The summed E-state index contributed by atoms with van der Waals surface area (Å²) in [6.45, 7) is 11.5. The van der Waals surface area contributed by atoms with Crippen LogP contribution in [0, 0.1) is 0 Å². The maximum atomic E-state index is 10.9. The largest absolute Gasteiger partial charge is 0.343 e. The lowest BCUT2D eigenvalue weighted by Crippen LogP contribution is -2.43. The van der Waals surface area contributed by atoms with Crippen LogP contribution in [0.2, 0.25) is 0 Å². The molecule has 0 spiro atoms. The van der Waals surface area contributed by atoms with Gasteiger partial charge in [-0.25, -0.2) is 0 Å². The van der Waals surface area contributed by atoms with Crippen LogP contribution in [0.3, 0.4) is 0 Å². The summed E-state index contributed by atoms with van der Waals surface area (Å²) in [6.07, 6.45) is 2.19. The average molecular weight is 216 g/mol. The number of likely N-dealkylation sites (tertiary alicyclic amines) is 1. The van der Waals surface area contributed by atoms with E-state index < -0.39 is 0 Å². The number of carbonyl (C=O) groups excluding carboxylic acids is 1. The van der Waals surface area contributed by atoms with E-state index in [0.29, 0.717) is 6.04 Å². The van der Waals surface area contributed by atoms with Crippen LogP contribution in [0.15, 0.2) is 0 Å². The highest BCUT2D eigenvalue weighted by Crippen LogP contribution is 2.09. The lowest BCUT2D eigenvalue weighted by molar-refractivity contribution is -0.129. The van der Waals surface area contributed by atoms with E-state index >= 15 is 0 Å². The van der Waals surface area contributed by atoms with Gasteiger partial charge in [-0.2, -0.15) is 0 Å². The van der Waals surface area contributed by atoms with Gasteiger partial charge >= 0.3 is 0 Å². The third-order valence-corrected chi connectivity index (χ3v) is 2.35. The Morgan fingerprint density at radius 1 is 1.13 bits per heavy atom. The molecule has 0 aliphatic carbocycles. The van der Waals surface area contributed by atoms with E-state index in [1.165, 1.54) is 0 Å². The van der Waals surface area contributed by atoms with Gasteiger partial charge in [-0.3, -0.25) is 4.79 Å². The van der Waals surface area contributed by atoms with Crippen LogP contribution < -0.4 is 5.32 Å². The molecular weight excluding hydrogens is 188 g/mol. The van der Waals surface area contributed by atoms with Gasteiger partial charge in [-0.15, -0.1) is 0 Å². The molecule has 0 aromatic rings. The highest BCUT2D eigenvalue weighted by molar-refractivity contribution is 5.73. The summed E-state index contributed by atoms with van der Waals surface area (Å²) < 4.78 is 0. The highest BCUT2D eigenvalue weighted by atomic mass is 16.2. The summed E-state index contributed by atoms with van der Waals surface area (Å²) in [5.74, 6) is 0.208. The van der Waals surface area contributed by atoms with Gasteiger partial charge in [0.2, 0.25) is 5.91 Å². The van der Waals surface area contributed by atoms with Gasteiger partial charge in [0.05, 0.1) is 0 Å². The first kappa shape index (κ1) is 16.8. The maximum Gasteiger partial charge on any atom is 0.219 e. The van der Waals surface area contributed by atoms with Crippen molar-refractivity contribution in [3.63, 3.8) is 0 Å². The first-order valence-electron chi connectivity index (χ1n) is 6.17. The summed E-state index contributed by atoms with van der Waals surface area (Å²) >= 11 is 0. The van der Waals surface area contributed by atoms with Crippen molar-refractivity contribution in [2.45, 2.75) is 53.5 Å². The molecule has 1 N–H and O–H groups in total. The van der Waals surface area contributed by atoms with Crippen molar-refractivity contribution in [1.29, 1.82) is 0 Å². The van der Waals surface area contributed by atoms with Gasteiger partial charge < -0.3 is 10.2 Å². The quantitative estimate of drug-likeness (QED) is 0.729. The van der Waals surface area contributed by atoms with E-state index in [2.05, 4.69) is 5.32 Å². The number of hydrogen-bond donors (Lipinski definition) is 1.